The van der Waals surface area contributed by atoms with E-state index in [1.54, 1.807) is 0 Å². The summed E-state index contributed by atoms with van der Waals surface area (Å²) in [6, 6.07) is 2.68. The molecule has 1 atom stereocenters. The van der Waals surface area contributed by atoms with Crippen LogP contribution in [-0.4, -0.2) is 44.9 Å². The highest BCUT2D eigenvalue weighted by Crippen LogP contribution is 2.16. The van der Waals surface area contributed by atoms with Crippen LogP contribution < -0.4 is 0 Å². The highest BCUT2D eigenvalue weighted by Gasteiger charge is 2.13. The Labute approximate surface area is 132 Å². The van der Waals surface area contributed by atoms with E-state index in [0.29, 0.717) is 11.9 Å². The van der Waals surface area contributed by atoms with Gasteiger partial charge in [-0.05, 0) is 38.9 Å². The van der Waals surface area contributed by atoms with Crippen molar-refractivity contribution in [1.82, 2.24) is 19.4 Å². The summed E-state index contributed by atoms with van der Waals surface area (Å²) in [6.07, 6.45) is 3.85. The maximum atomic E-state index is 5.92. The van der Waals surface area contributed by atoms with Crippen molar-refractivity contribution >= 4 is 22.8 Å². The van der Waals surface area contributed by atoms with Gasteiger partial charge < -0.3 is 9.47 Å². The fourth-order valence-corrected chi connectivity index (χ4v) is 2.63. The van der Waals surface area contributed by atoms with Gasteiger partial charge in [-0.15, -0.1) is 11.6 Å². The molecule has 21 heavy (non-hydrogen) atoms. The molecular formula is C16H25ClN4. The second kappa shape index (κ2) is 7.23. The third kappa shape index (κ3) is 3.74. The molecule has 0 bridgehead atoms. The van der Waals surface area contributed by atoms with E-state index < -0.39 is 0 Å². The van der Waals surface area contributed by atoms with Gasteiger partial charge in [-0.1, -0.05) is 6.92 Å². The first kappa shape index (κ1) is 16.2. The van der Waals surface area contributed by atoms with Crippen molar-refractivity contribution in [2.45, 2.75) is 46.2 Å². The molecule has 2 aromatic heterocycles. The lowest BCUT2D eigenvalue weighted by atomic mass is 10.2. The molecule has 0 radical (unpaired) electrons. The lowest BCUT2D eigenvalue weighted by molar-refractivity contribution is 0.242. The number of aromatic nitrogens is 3. The molecule has 0 saturated carbocycles. The molecule has 5 heteroatoms. The van der Waals surface area contributed by atoms with Crippen molar-refractivity contribution in [3.63, 3.8) is 0 Å². The first-order valence-corrected chi connectivity index (χ1v) is 8.18. The van der Waals surface area contributed by atoms with E-state index in [2.05, 4.69) is 41.4 Å². The lowest BCUT2D eigenvalue weighted by Crippen LogP contribution is -2.31. The molecule has 0 spiro atoms. The smallest absolute Gasteiger partial charge is 0.160 e. The van der Waals surface area contributed by atoms with Crippen molar-refractivity contribution in [1.29, 1.82) is 0 Å². The number of hydrogen-bond acceptors (Lipinski definition) is 3. The summed E-state index contributed by atoms with van der Waals surface area (Å²) < 4.78 is 2.22. The number of hydrogen-bond donors (Lipinski definition) is 0. The summed E-state index contributed by atoms with van der Waals surface area (Å²) in [5.41, 5.74) is 3.08. The molecule has 0 aromatic carbocycles. The van der Waals surface area contributed by atoms with Crippen molar-refractivity contribution in [3.05, 3.63) is 23.7 Å². The zero-order valence-corrected chi connectivity index (χ0v) is 14.2. The Balaban J connectivity index is 2.25. The number of halogens is 1. The van der Waals surface area contributed by atoms with Crippen molar-refractivity contribution < 1.29 is 0 Å². The predicted molar refractivity (Wildman–Crippen MR) is 89.1 cm³/mol. The number of likely N-dealkylation sites (N-methyl/N-ethyl adjacent to an activating group) is 1. The minimum atomic E-state index is 0.587. The van der Waals surface area contributed by atoms with E-state index in [0.717, 1.165) is 48.5 Å². The molecular weight excluding hydrogens is 284 g/mol. The third-order valence-corrected chi connectivity index (χ3v) is 4.33. The molecule has 2 rings (SSSR count). The highest BCUT2D eigenvalue weighted by molar-refractivity contribution is 6.17. The quantitative estimate of drug-likeness (QED) is 0.736. The average molecular weight is 309 g/mol. The van der Waals surface area contributed by atoms with Gasteiger partial charge in [-0.2, -0.15) is 0 Å². The first-order valence-electron chi connectivity index (χ1n) is 7.64. The van der Waals surface area contributed by atoms with Gasteiger partial charge >= 0.3 is 0 Å². The fraction of sp³-hybridized carbons (Fsp3) is 0.625. The third-order valence-electron chi connectivity index (χ3n) is 4.14. The van der Waals surface area contributed by atoms with Gasteiger partial charge in [0, 0.05) is 37.6 Å². The Morgan fingerprint density at radius 1 is 1.43 bits per heavy atom. The monoisotopic (exact) mass is 308 g/mol. The van der Waals surface area contributed by atoms with Gasteiger partial charge in [-0.3, -0.25) is 0 Å². The van der Waals surface area contributed by atoms with Crippen molar-refractivity contribution in [3.8, 4) is 0 Å². The molecule has 0 saturated heterocycles. The van der Waals surface area contributed by atoms with E-state index in [-0.39, 0.29) is 0 Å². The average Bonchev–Trinajstić information content (AvgIpc) is 2.80. The Bertz CT molecular complexity index is 593. The van der Waals surface area contributed by atoms with Crippen LogP contribution in [0.1, 0.15) is 31.7 Å². The van der Waals surface area contributed by atoms with E-state index in [4.69, 9.17) is 16.6 Å². The first-order chi connectivity index (χ1) is 10.1. The second-order valence-electron chi connectivity index (χ2n) is 5.71. The largest absolute Gasteiger partial charge is 0.311 e. The predicted octanol–water partition coefficient (Wildman–Crippen LogP) is 3.25. The van der Waals surface area contributed by atoms with E-state index in [9.17, 15) is 0 Å². The topological polar surface area (TPSA) is 34.0 Å². The molecule has 0 fully saturated rings. The minimum absolute atomic E-state index is 0.587. The minimum Gasteiger partial charge on any atom is -0.311 e. The van der Waals surface area contributed by atoms with Crippen LogP contribution in [0.15, 0.2) is 12.3 Å². The summed E-state index contributed by atoms with van der Waals surface area (Å²) in [5, 5.41) is 0. The van der Waals surface area contributed by atoms with Crippen LogP contribution >= 0.6 is 11.6 Å². The number of pyridine rings is 1. The summed E-state index contributed by atoms with van der Waals surface area (Å²) in [6.45, 7) is 8.42. The Morgan fingerprint density at radius 3 is 2.86 bits per heavy atom. The van der Waals surface area contributed by atoms with Gasteiger partial charge in [0.1, 0.15) is 11.3 Å². The maximum absolute atomic E-state index is 5.92. The Kier molecular flexibility index (Phi) is 5.59. The van der Waals surface area contributed by atoms with Gasteiger partial charge in [0.05, 0.1) is 0 Å². The molecule has 0 aliphatic heterocycles. The SMILES string of the molecule is CCC(C)N(C)CCn1c(CCCl)nc2cc(C)cnc21. The molecule has 1 unspecified atom stereocenters. The Hall–Kier alpha value is -1.13. The zero-order chi connectivity index (χ0) is 15.4. The van der Waals surface area contributed by atoms with Gasteiger partial charge in [-0.25, -0.2) is 9.97 Å². The van der Waals surface area contributed by atoms with E-state index in [1.807, 2.05) is 13.1 Å². The highest BCUT2D eigenvalue weighted by atomic mass is 35.5. The van der Waals surface area contributed by atoms with Crippen LogP contribution in [0.5, 0.6) is 0 Å². The molecule has 0 amide bonds. The van der Waals surface area contributed by atoms with Crippen LogP contribution in [0.25, 0.3) is 11.2 Å². The standard InChI is InChI=1S/C16H25ClN4/c1-5-13(3)20(4)8-9-21-15(6-7-17)19-14-10-12(2)11-18-16(14)21/h10-11,13H,5-9H2,1-4H3. The summed E-state index contributed by atoms with van der Waals surface area (Å²) >= 11 is 5.92. The second-order valence-corrected chi connectivity index (χ2v) is 6.09. The number of imidazole rings is 1. The molecule has 0 aliphatic rings. The number of alkyl halides is 1. The van der Waals surface area contributed by atoms with Crippen molar-refractivity contribution in [2.24, 2.45) is 0 Å². The fourth-order valence-electron chi connectivity index (χ4n) is 2.46. The van der Waals surface area contributed by atoms with E-state index >= 15 is 0 Å². The van der Waals surface area contributed by atoms with Crippen molar-refractivity contribution in [2.75, 3.05) is 19.5 Å². The summed E-state index contributed by atoms with van der Waals surface area (Å²) in [5.74, 6) is 1.62. The number of rotatable bonds is 7. The molecule has 0 N–H and O–H groups in total. The maximum Gasteiger partial charge on any atom is 0.160 e. The molecule has 116 valence electrons. The Morgan fingerprint density at radius 2 is 2.19 bits per heavy atom. The van der Waals surface area contributed by atoms with Crippen LogP contribution in [0.4, 0.5) is 0 Å². The zero-order valence-electron chi connectivity index (χ0n) is 13.4. The number of aryl methyl sites for hydroxylation is 2. The summed E-state index contributed by atoms with van der Waals surface area (Å²) in [4.78, 5) is 11.6. The molecule has 2 aromatic rings. The van der Waals surface area contributed by atoms with Gasteiger partial charge in [0.25, 0.3) is 0 Å². The number of fused-ring (bicyclic) bond motifs is 1. The van der Waals surface area contributed by atoms with Crippen LogP contribution in [0, 0.1) is 6.92 Å². The van der Waals surface area contributed by atoms with Crippen LogP contribution in [0.2, 0.25) is 0 Å². The van der Waals surface area contributed by atoms with Gasteiger partial charge in [0.2, 0.25) is 0 Å². The lowest BCUT2D eigenvalue weighted by Gasteiger charge is -2.24. The van der Waals surface area contributed by atoms with Crippen LogP contribution in [-0.2, 0) is 13.0 Å². The van der Waals surface area contributed by atoms with E-state index in [1.165, 1.54) is 0 Å². The number of nitrogens with zero attached hydrogens (tertiary/aromatic N) is 4. The molecule has 2 heterocycles. The summed E-state index contributed by atoms with van der Waals surface area (Å²) in [7, 11) is 2.17. The molecule has 0 aliphatic carbocycles. The normalized spacial score (nSPS) is 13.2. The van der Waals surface area contributed by atoms with Gasteiger partial charge in [0.15, 0.2) is 5.65 Å². The van der Waals surface area contributed by atoms with Crippen LogP contribution in [0.3, 0.4) is 0 Å². The molecule has 4 nitrogen and oxygen atoms in total.